The molecule has 3 rings (SSSR count). The second-order valence-corrected chi connectivity index (χ2v) is 9.18. The quantitative estimate of drug-likeness (QED) is 0.201. The Morgan fingerprint density at radius 3 is 2.23 bits per heavy atom. The van der Waals surface area contributed by atoms with Crippen molar-refractivity contribution in [3.63, 3.8) is 0 Å². The Bertz CT molecular complexity index is 1250. The Hall–Kier alpha value is -3.93. The van der Waals surface area contributed by atoms with Crippen molar-refractivity contribution in [3.05, 3.63) is 84.4 Å². The fourth-order valence-electron chi connectivity index (χ4n) is 3.28. The summed E-state index contributed by atoms with van der Waals surface area (Å²) >= 11 is 0. The lowest BCUT2D eigenvalue weighted by Gasteiger charge is -2.18. The molecule has 1 unspecified atom stereocenters. The lowest BCUT2D eigenvalue weighted by molar-refractivity contribution is -0.131. The van der Waals surface area contributed by atoms with Crippen LogP contribution in [0, 0.1) is 0 Å². The number of hydrogen-bond acceptors (Lipinski definition) is 6. The van der Waals surface area contributed by atoms with Crippen molar-refractivity contribution in [3.8, 4) is 16.9 Å². The molecule has 0 aliphatic rings. The molecule has 0 aliphatic heterocycles. The van der Waals surface area contributed by atoms with Crippen LogP contribution in [0.5, 0.6) is 5.75 Å². The first-order valence-electron chi connectivity index (χ1n) is 10.6. The molecule has 1 atom stereocenters. The predicted molar refractivity (Wildman–Crippen MR) is 127 cm³/mol. The summed E-state index contributed by atoms with van der Waals surface area (Å²) in [4.78, 5) is 22.5. The molecule has 0 fully saturated rings. The Balaban J connectivity index is 1.90. The van der Waals surface area contributed by atoms with Crippen LogP contribution in [0.1, 0.15) is 12.0 Å². The van der Waals surface area contributed by atoms with E-state index in [1.807, 2.05) is 66.0 Å². The van der Waals surface area contributed by atoms with Gasteiger partial charge >= 0.3 is 6.09 Å². The number of hydroxylamine groups is 1. The van der Waals surface area contributed by atoms with E-state index in [0.717, 1.165) is 11.1 Å². The van der Waals surface area contributed by atoms with Gasteiger partial charge in [-0.3, -0.25) is 10.0 Å². The van der Waals surface area contributed by atoms with E-state index in [4.69, 9.17) is 15.1 Å². The summed E-state index contributed by atoms with van der Waals surface area (Å²) in [7, 11) is -4.25. The van der Waals surface area contributed by atoms with Crippen LogP contribution < -0.4 is 20.3 Å². The number of amides is 2. The van der Waals surface area contributed by atoms with Crippen LogP contribution in [-0.4, -0.2) is 43.3 Å². The fraction of sp³-hybridized carbons (Fsp3) is 0.167. The lowest BCUT2D eigenvalue weighted by atomic mass is 10.0. The molecule has 0 spiro atoms. The van der Waals surface area contributed by atoms with Crippen LogP contribution in [0.15, 0.2) is 83.8 Å². The van der Waals surface area contributed by atoms with Crippen molar-refractivity contribution in [2.45, 2.75) is 24.0 Å². The number of carbonyl (C=O) groups is 2. The molecule has 0 saturated carbocycles. The number of carboxylic acid groups (broad SMARTS) is 1. The Kier molecular flexibility index (Phi) is 8.79. The van der Waals surface area contributed by atoms with E-state index in [0.29, 0.717) is 11.3 Å². The smallest absolute Gasteiger partial charge is 0.404 e. The SMILES string of the molecule is O=C(O)NCCC(NS(=O)(=O)c1ccc(-c2ccccc2)c(OCc2ccccc2)c1)C(=O)NO. The third-order valence-corrected chi connectivity index (χ3v) is 6.49. The van der Waals surface area contributed by atoms with E-state index < -0.39 is 28.1 Å². The van der Waals surface area contributed by atoms with E-state index in [2.05, 4.69) is 4.72 Å². The predicted octanol–water partition coefficient (Wildman–Crippen LogP) is 2.74. The lowest BCUT2D eigenvalue weighted by Crippen LogP contribution is -2.47. The number of sulfonamides is 1. The normalized spacial score (nSPS) is 11.9. The molecule has 2 amide bonds. The van der Waals surface area contributed by atoms with Gasteiger partial charge in [0.1, 0.15) is 18.4 Å². The first kappa shape index (κ1) is 25.7. The molecule has 0 bridgehead atoms. The molecule has 3 aromatic rings. The summed E-state index contributed by atoms with van der Waals surface area (Å²) in [5, 5.41) is 19.7. The molecule has 35 heavy (non-hydrogen) atoms. The second kappa shape index (κ2) is 12.0. The summed E-state index contributed by atoms with van der Waals surface area (Å²) in [5.41, 5.74) is 3.78. The highest BCUT2D eigenvalue weighted by Gasteiger charge is 2.26. The van der Waals surface area contributed by atoms with Gasteiger partial charge in [0.15, 0.2) is 0 Å². The van der Waals surface area contributed by atoms with Crippen LogP contribution in [-0.2, 0) is 21.4 Å². The second-order valence-electron chi connectivity index (χ2n) is 7.47. The molecule has 0 aliphatic carbocycles. The van der Waals surface area contributed by atoms with Crippen LogP contribution in [0.4, 0.5) is 4.79 Å². The van der Waals surface area contributed by atoms with Crippen molar-refractivity contribution >= 4 is 22.0 Å². The summed E-state index contributed by atoms with van der Waals surface area (Å²) in [6.45, 7) is -0.0116. The van der Waals surface area contributed by atoms with Gasteiger partial charge in [-0.05, 0) is 29.7 Å². The van der Waals surface area contributed by atoms with Crippen molar-refractivity contribution in [1.82, 2.24) is 15.5 Å². The largest absolute Gasteiger partial charge is 0.488 e. The molecule has 0 saturated heterocycles. The van der Waals surface area contributed by atoms with Crippen LogP contribution in [0.2, 0.25) is 0 Å². The molecule has 0 aromatic heterocycles. The fourth-order valence-corrected chi connectivity index (χ4v) is 4.53. The third kappa shape index (κ3) is 7.27. The Morgan fingerprint density at radius 2 is 1.60 bits per heavy atom. The summed E-state index contributed by atoms with van der Waals surface area (Å²) < 4.78 is 34.3. The number of ether oxygens (including phenoxy) is 1. The van der Waals surface area contributed by atoms with Gasteiger partial charge in [0, 0.05) is 18.2 Å². The van der Waals surface area contributed by atoms with Crippen molar-refractivity contribution in [2.75, 3.05) is 6.54 Å². The monoisotopic (exact) mass is 499 g/mol. The highest BCUT2D eigenvalue weighted by Crippen LogP contribution is 2.33. The molecular formula is C24H25N3O7S. The minimum absolute atomic E-state index is 0.165. The zero-order chi connectivity index (χ0) is 25.3. The molecule has 11 heteroatoms. The van der Waals surface area contributed by atoms with Crippen LogP contribution in [0.3, 0.4) is 0 Å². The summed E-state index contributed by atoms with van der Waals surface area (Å²) in [5.74, 6) is -0.708. The number of carbonyl (C=O) groups excluding carboxylic acids is 1. The van der Waals surface area contributed by atoms with E-state index in [1.54, 1.807) is 6.07 Å². The van der Waals surface area contributed by atoms with Crippen LogP contribution in [0.25, 0.3) is 11.1 Å². The highest BCUT2D eigenvalue weighted by molar-refractivity contribution is 7.89. The Labute approximate surface area is 202 Å². The maximum absolute atomic E-state index is 13.1. The van der Waals surface area contributed by atoms with Gasteiger partial charge in [-0.15, -0.1) is 0 Å². The molecule has 0 heterocycles. The number of rotatable bonds is 11. The van der Waals surface area contributed by atoms with Gasteiger partial charge in [0.05, 0.1) is 4.90 Å². The standard InChI is InChI=1S/C24H25N3O7S/c28-23(26-31)21(13-14-25-24(29)30)27-35(32,33)19-11-12-20(18-9-5-2-6-10-18)22(15-19)34-16-17-7-3-1-4-8-17/h1-12,15,21,25,27,31H,13-14,16H2,(H,26,28)(H,29,30). The Morgan fingerprint density at radius 1 is 0.943 bits per heavy atom. The zero-order valence-corrected chi connectivity index (χ0v) is 19.4. The van der Waals surface area contributed by atoms with Crippen molar-refractivity contribution in [1.29, 1.82) is 0 Å². The minimum Gasteiger partial charge on any atom is -0.488 e. The number of benzene rings is 3. The molecule has 10 nitrogen and oxygen atoms in total. The van der Waals surface area contributed by atoms with E-state index in [-0.39, 0.29) is 24.5 Å². The summed E-state index contributed by atoms with van der Waals surface area (Å²) in [6, 6.07) is 21.6. The topological polar surface area (TPSA) is 154 Å². The van der Waals surface area contributed by atoms with Crippen molar-refractivity contribution in [2.24, 2.45) is 0 Å². The third-order valence-electron chi connectivity index (χ3n) is 5.02. The van der Waals surface area contributed by atoms with E-state index >= 15 is 0 Å². The van der Waals surface area contributed by atoms with E-state index in [9.17, 15) is 18.0 Å². The number of hydrogen-bond donors (Lipinski definition) is 5. The van der Waals surface area contributed by atoms with Gasteiger partial charge in [0.2, 0.25) is 10.0 Å². The van der Waals surface area contributed by atoms with Gasteiger partial charge in [0.25, 0.3) is 5.91 Å². The van der Waals surface area contributed by atoms with E-state index in [1.165, 1.54) is 17.6 Å². The number of nitrogens with one attached hydrogen (secondary N) is 3. The van der Waals surface area contributed by atoms with Gasteiger partial charge in [-0.2, -0.15) is 4.72 Å². The van der Waals surface area contributed by atoms with Crippen molar-refractivity contribution < 1.29 is 33.1 Å². The average Bonchev–Trinajstić information content (AvgIpc) is 2.87. The minimum atomic E-state index is -4.25. The maximum Gasteiger partial charge on any atom is 0.404 e. The van der Waals surface area contributed by atoms with Crippen LogP contribution >= 0.6 is 0 Å². The first-order valence-corrected chi connectivity index (χ1v) is 12.1. The molecular weight excluding hydrogens is 474 g/mol. The molecule has 0 radical (unpaired) electrons. The van der Waals surface area contributed by atoms with Gasteiger partial charge < -0.3 is 15.2 Å². The van der Waals surface area contributed by atoms with Gasteiger partial charge in [-0.1, -0.05) is 60.7 Å². The zero-order valence-electron chi connectivity index (χ0n) is 18.5. The molecule has 5 N–H and O–H groups in total. The maximum atomic E-state index is 13.1. The highest BCUT2D eigenvalue weighted by atomic mass is 32.2. The summed E-state index contributed by atoms with van der Waals surface area (Å²) in [6.07, 6.45) is -1.55. The average molecular weight is 500 g/mol. The molecule has 184 valence electrons. The first-order chi connectivity index (χ1) is 16.8. The molecule has 3 aromatic carbocycles. The van der Waals surface area contributed by atoms with Gasteiger partial charge in [-0.25, -0.2) is 18.7 Å².